The first-order chi connectivity index (χ1) is 9.20. The summed E-state index contributed by atoms with van der Waals surface area (Å²) in [7, 11) is -3.59. The predicted molar refractivity (Wildman–Crippen MR) is 81.3 cm³/mol. The second-order valence-corrected chi connectivity index (χ2v) is 6.68. The number of nitrogens with one attached hydrogen (secondary N) is 1. The van der Waals surface area contributed by atoms with Crippen molar-refractivity contribution in [2.45, 2.75) is 45.6 Å². The first kappa shape index (κ1) is 16.9. The van der Waals surface area contributed by atoms with E-state index in [1.54, 1.807) is 19.9 Å². The monoisotopic (exact) mass is 300 g/mol. The molecular weight excluding hydrogens is 276 g/mol. The van der Waals surface area contributed by atoms with Gasteiger partial charge in [-0.3, -0.25) is 0 Å². The van der Waals surface area contributed by atoms with Crippen LogP contribution in [0.5, 0.6) is 0 Å². The third-order valence-corrected chi connectivity index (χ3v) is 5.05. The van der Waals surface area contributed by atoms with Crippen LogP contribution in [0.3, 0.4) is 0 Å². The molecule has 0 aliphatic heterocycles. The van der Waals surface area contributed by atoms with E-state index in [2.05, 4.69) is 4.72 Å². The highest BCUT2D eigenvalue weighted by Crippen LogP contribution is 2.27. The normalized spacial score (nSPS) is 13.4. The molecule has 0 saturated carbocycles. The highest BCUT2D eigenvalue weighted by molar-refractivity contribution is 7.89. The quantitative estimate of drug-likeness (QED) is 0.786. The van der Waals surface area contributed by atoms with Crippen LogP contribution in [0.25, 0.3) is 0 Å². The molecule has 0 radical (unpaired) electrons. The van der Waals surface area contributed by atoms with Crippen LogP contribution in [0.1, 0.15) is 30.5 Å². The SMILES string of the molecule is CCOC(C)CNS(=O)(=O)c1c(C)c(C)cc(N)c1C. The lowest BCUT2D eigenvalue weighted by Crippen LogP contribution is -2.33. The minimum atomic E-state index is -3.59. The van der Waals surface area contributed by atoms with Crippen LogP contribution in [0.2, 0.25) is 0 Å². The second-order valence-electron chi connectivity index (χ2n) is 4.98. The zero-order chi connectivity index (χ0) is 15.5. The van der Waals surface area contributed by atoms with E-state index in [1.165, 1.54) is 0 Å². The number of ether oxygens (including phenoxy) is 1. The topological polar surface area (TPSA) is 81.4 Å². The van der Waals surface area contributed by atoms with Crippen molar-refractivity contribution in [1.29, 1.82) is 0 Å². The van der Waals surface area contributed by atoms with Crippen LogP contribution in [0, 0.1) is 20.8 Å². The molecule has 0 aliphatic rings. The fraction of sp³-hybridized carbons (Fsp3) is 0.571. The summed E-state index contributed by atoms with van der Waals surface area (Å²) in [6.45, 7) is 9.87. The summed E-state index contributed by atoms with van der Waals surface area (Å²) in [5, 5.41) is 0. The highest BCUT2D eigenvalue weighted by Gasteiger charge is 2.22. The number of anilines is 1. The number of hydrogen-bond acceptors (Lipinski definition) is 4. The van der Waals surface area contributed by atoms with Crippen LogP contribution in [-0.4, -0.2) is 27.7 Å². The van der Waals surface area contributed by atoms with E-state index >= 15 is 0 Å². The first-order valence-electron chi connectivity index (χ1n) is 6.68. The molecule has 0 aromatic heterocycles. The number of nitrogens with two attached hydrogens (primary N) is 1. The van der Waals surface area contributed by atoms with Gasteiger partial charge in [-0.15, -0.1) is 0 Å². The van der Waals surface area contributed by atoms with Gasteiger partial charge in [0.05, 0.1) is 11.0 Å². The molecule has 5 nitrogen and oxygen atoms in total. The van der Waals surface area contributed by atoms with Crippen molar-refractivity contribution in [2.75, 3.05) is 18.9 Å². The maximum atomic E-state index is 12.5. The fourth-order valence-corrected chi connectivity index (χ4v) is 3.77. The van der Waals surface area contributed by atoms with Crippen LogP contribution in [-0.2, 0) is 14.8 Å². The minimum Gasteiger partial charge on any atom is -0.398 e. The first-order valence-corrected chi connectivity index (χ1v) is 8.16. The molecule has 0 spiro atoms. The van der Waals surface area contributed by atoms with Crippen LogP contribution < -0.4 is 10.5 Å². The predicted octanol–water partition coefficient (Wildman–Crippen LogP) is 1.90. The standard InChI is InChI=1S/C14H24N2O3S/c1-6-19-10(3)8-16-20(17,18)14-11(4)9(2)7-13(15)12(14)5/h7,10,16H,6,8,15H2,1-5H3. The van der Waals surface area contributed by atoms with Crippen LogP contribution in [0.15, 0.2) is 11.0 Å². The average Bonchev–Trinajstić information content (AvgIpc) is 2.35. The molecule has 20 heavy (non-hydrogen) atoms. The molecule has 0 amide bonds. The van der Waals surface area contributed by atoms with Gasteiger partial charge in [0.2, 0.25) is 10.0 Å². The zero-order valence-corrected chi connectivity index (χ0v) is 13.6. The summed E-state index contributed by atoms with van der Waals surface area (Å²) in [6, 6.07) is 1.80. The lowest BCUT2D eigenvalue weighted by atomic mass is 10.1. The summed E-state index contributed by atoms with van der Waals surface area (Å²) in [5.41, 5.74) is 8.55. The number of hydrogen-bond donors (Lipinski definition) is 2. The Morgan fingerprint density at radius 1 is 1.30 bits per heavy atom. The largest absolute Gasteiger partial charge is 0.398 e. The van der Waals surface area contributed by atoms with Crippen molar-refractivity contribution in [3.63, 3.8) is 0 Å². The third kappa shape index (κ3) is 3.71. The Morgan fingerprint density at radius 3 is 2.45 bits per heavy atom. The molecule has 0 fully saturated rings. The van der Waals surface area contributed by atoms with Gasteiger partial charge >= 0.3 is 0 Å². The van der Waals surface area contributed by atoms with Crippen molar-refractivity contribution < 1.29 is 13.2 Å². The maximum Gasteiger partial charge on any atom is 0.241 e. The summed E-state index contributed by atoms with van der Waals surface area (Å²) < 4.78 is 32.8. The van der Waals surface area contributed by atoms with Crippen LogP contribution >= 0.6 is 0 Å². The summed E-state index contributed by atoms with van der Waals surface area (Å²) in [4.78, 5) is 0.277. The molecule has 0 aliphatic carbocycles. The van der Waals surface area contributed by atoms with E-state index < -0.39 is 10.0 Å². The summed E-state index contributed by atoms with van der Waals surface area (Å²) in [5.74, 6) is 0. The number of nitrogen functional groups attached to an aromatic ring is 1. The second kappa shape index (κ2) is 6.56. The summed E-state index contributed by atoms with van der Waals surface area (Å²) >= 11 is 0. The van der Waals surface area contributed by atoms with E-state index in [9.17, 15) is 8.42 Å². The zero-order valence-electron chi connectivity index (χ0n) is 12.8. The maximum absolute atomic E-state index is 12.5. The van der Waals surface area contributed by atoms with Crippen molar-refractivity contribution in [1.82, 2.24) is 4.72 Å². The molecule has 0 saturated heterocycles. The Balaban J connectivity index is 3.10. The van der Waals surface area contributed by atoms with Gasteiger partial charge in [-0.25, -0.2) is 13.1 Å². The Labute approximate surface area is 121 Å². The molecule has 114 valence electrons. The number of rotatable bonds is 6. The van der Waals surface area contributed by atoms with E-state index in [4.69, 9.17) is 10.5 Å². The van der Waals surface area contributed by atoms with E-state index in [0.29, 0.717) is 17.9 Å². The van der Waals surface area contributed by atoms with E-state index in [0.717, 1.165) is 11.1 Å². The molecule has 1 unspecified atom stereocenters. The third-order valence-electron chi connectivity index (χ3n) is 3.36. The van der Waals surface area contributed by atoms with Crippen LogP contribution in [0.4, 0.5) is 5.69 Å². The average molecular weight is 300 g/mol. The highest BCUT2D eigenvalue weighted by atomic mass is 32.2. The molecule has 1 rings (SSSR count). The number of sulfonamides is 1. The lowest BCUT2D eigenvalue weighted by Gasteiger charge is -2.17. The molecule has 1 aromatic carbocycles. The molecule has 1 aromatic rings. The van der Waals surface area contributed by atoms with E-state index in [1.807, 2.05) is 20.8 Å². The van der Waals surface area contributed by atoms with Crippen molar-refractivity contribution in [3.05, 3.63) is 22.8 Å². The molecular formula is C14H24N2O3S. The minimum absolute atomic E-state index is 0.169. The van der Waals surface area contributed by atoms with Gasteiger partial charge in [0, 0.05) is 18.8 Å². The van der Waals surface area contributed by atoms with Crippen molar-refractivity contribution in [3.8, 4) is 0 Å². The molecule has 0 heterocycles. The number of aryl methyl sites for hydroxylation is 1. The molecule has 0 bridgehead atoms. The smallest absolute Gasteiger partial charge is 0.241 e. The van der Waals surface area contributed by atoms with E-state index in [-0.39, 0.29) is 17.5 Å². The van der Waals surface area contributed by atoms with Gasteiger partial charge in [0.15, 0.2) is 0 Å². The van der Waals surface area contributed by atoms with Gasteiger partial charge in [-0.2, -0.15) is 0 Å². The Bertz CT molecular complexity index is 556. The number of benzene rings is 1. The summed E-state index contributed by atoms with van der Waals surface area (Å²) in [6.07, 6.45) is -0.169. The Kier molecular flexibility index (Phi) is 5.56. The molecule has 3 N–H and O–H groups in total. The molecule has 1 atom stereocenters. The van der Waals surface area contributed by atoms with Gasteiger partial charge < -0.3 is 10.5 Å². The molecule has 6 heteroatoms. The fourth-order valence-electron chi connectivity index (χ4n) is 2.09. The van der Waals surface area contributed by atoms with Gasteiger partial charge in [-0.1, -0.05) is 0 Å². The van der Waals surface area contributed by atoms with Crippen molar-refractivity contribution >= 4 is 15.7 Å². The van der Waals surface area contributed by atoms with Gasteiger partial charge in [0.1, 0.15) is 0 Å². The Hall–Kier alpha value is -1.11. The van der Waals surface area contributed by atoms with Gasteiger partial charge in [-0.05, 0) is 57.4 Å². The lowest BCUT2D eigenvalue weighted by molar-refractivity contribution is 0.0799. The Morgan fingerprint density at radius 2 is 1.90 bits per heavy atom. The van der Waals surface area contributed by atoms with Crippen molar-refractivity contribution in [2.24, 2.45) is 0 Å². The van der Waals surface area contributed by atoms with Gasteiger partial charge in [0.25, 0.3) is 0 Å².